The maximum absolute atomic E-state index is 11.0. The highest BCUT2D eigenvalue weighted by atomic mass is 16.6. The lowest BCUT2D eigenvalue weighted by molar-refractivity contribution is -0.116. The SMILES string of the molecule is O=C1N=C2O[B]OC=C2C(=O)N1. The van der Waals surface area contributed by atoms with Crippen LogP contribution in [0.4, 0.5) is 4.79 Å². The van der Waals surface area contributed by atoms with Crippen molar-refractivity contribution < 1.29 is 18.9 Å². The summed E-state index contributed by atoms with van der Waals surface area (Å²) < 4.78 is 9.26. The van der Waals surface area contributed by atoms with Crippen molar-refractivity contribution in [3.63, 3.8) is 0 Å². The minimum absolute atomic E-state index is 0.0324. The fourth-order valence-corrected chi connectivity index (χ4v) is 0.805. The van der Waals surface area contributed by atoms with Gasteiger partial charge in [0.2, 0.25) is 5.90 Å². The Kier molecular flexibility index (Phi) is 1.36. The highest BCUT2D eigenvalue weighted by Gasteiger charge is 2.29. The van der Waals surface area contributed by atoms with Crippen LogP contribution in [0.1, 0.15) is 0 Å². The molecule has 0 saturated heterocycles. The summed E-state index contributed by atoms with van der Waals surface area (Å²) in [6, 6.07) is -0.734. The molecule has 0 spiro atoms. The lowest BCUT2D eigenvalue weighted by Gasteiger charge is -2.17. The Morgan fingerprint density at radius 2 is 2.33 bits per heavy atom. The summed E-state index contributed by atoms with van der Waals surface area (Å²) in [6.45, 7) is 0. The molecule has 2 aliphatic heterocycles. The van der Waals surface area contributed by atoms with E-state index in [1.807, 2.05) is 5.32 Å². The van der Waals surface area contributed by atoms with Crippen molar-refractivity contribution in [2.24, 2.45) is 4.99 Å². The third kappa shape index (κ3) is 0.950. The van der Waals surface area contributed by atoms with E-state index < -0.39 is 11.9 Å². The van der Waals surface area contributed by atoms with Crippen molar-refractivity contribution in [2.45, 2.75) is 0 Å². The second-order valence-electron chi connectivity index (χ2n) is 2.06. The van der Waals surface area contributed by atoms with Crippen molar-refractivity contribution in [1.82, 2.24) is 5.32 Å². The van der Waals surface area contributed by atoms with Gasteiger partial charge in [0.05, 0.1) is 6.26 Å². The monoisotopic (exact) mass is 165 g/mol. The zero-order valence-corrected chi connectivity index (χ0v) is 5.73. The number of carbonyl (C=O) groups excluding carboxylic acids is 2. The zero-order chi connectivity index (χ0) is 8.55. The molecule has 1 N–H and O–H groups in total. The quantitative estimate of drug-likeness (QED) is 0.471. The minimum Gasteiger partial charge on any atom is -0.531 e. The van der Waals surface area contributed by atoms with E-state index in [1.165, 1.54) is 0 Å². The Morgan fingerprint density at radius 3 is 3.17 bits per heavy atom. The molecule has 0 saturated carbocycles. The van der Waals surface area contributed by atoms with Crippen LogP contribution in [-0.2, 0) is 14.1 Å². The van der Waals surface area contributed by atoms with Crippen LogP contribution in [0.25, 0.3) is 0 Å². The fraction of sp³-hybridized carbons (Fsp3) is 0. The lowest BCUT2D eigenvalue weighted by Crippen LogP contribution is -2.40. The third-order valence-electron chi connectivity index (χ3n) is 1.30. The van der Waals surface area contributed by atoms with Gasteiger partial charge in [0.15, 0.2) is 0 Å². The average Bonchev–Trinajstić information content (AvgIpc) is 2.04. The van der Waals surface area contributed by atoms with Crippen LogP contribution >= 0.6 is 0 Å². The maximum Gasteiger partial charge on any atom is 0.658 e. The molecular formula is C5H2BN2O4. The second-order valence-corrected chi connectivity index (χ2v) is 2.06. The molecule has 2 aliphatic rings. The highest BCUT2D eigenvalue weighted by molar-refractivity contribution is 6.35. The number of hydrogen-bond donors (Lipinski definition) is 1. The van der Waals surface area contributed by atoms with Crippen LogP contribution in [0.2, 0.25) is 0 Å². The molecule has 6 nitrogen and oxygen atoms in total. The summed E-state index contributed by atoms with van der Waals surface area (Å²) in [7, 11) is 0.980. The molecule has 0 aromatic rings. The van der Waals surface area contributed by atoms with Crippen LogP contribution in [0.15, 0.2) is 16.8 Å². The highest BCUT2D eigenvalue weighted by Crippen LogP contribution is 2.09. The van der Waals surface area contributed by atoms with Gasteiger partial charge in [0.25, 0.3) is 5.91 Å². The Hall–Kier alpha value is -1.79. The number of fused-ring (bicyclic) bond motifs is 1. The standard InChI is InChI=1S/C5H2BN2O4/c9-3-2-1-11-6-12-4(2)8-5(10)7-3/h1H,(H,7,9,10). The number of rotatable bonds is 0. The number of imide groups is 1. The molecular weight excluding hydrogens is 163 g/mol. The van der Waals surface area contributed by atoms with Crippen LogP contribution < -0.4 is 5.32 Å². The molecule has 3 amide bonds. The first kappa shape index (κ1) is 6.90. The first-order valence-electron chi connectivity index (χ1n) is 3.06. The van der Waals surface area contributed by atoms with Gasteiger partial charge in [-0.15, -0.1) is 0 Å². The van der Waals surface area contributed by atoms with E-state index in [4.69, 9.17) is 0 Å². The van der Waals surface area contributed by atoms with E-state index in [1.54, 1.807) is 0 Å². The normalized spacial score (nSPS) is 20.3. The Balaban J connectivity index is 2.43. The molecule has 59 valence electrons. The van der Waals surface area contributed by atoms with Gasteiger partial charge < -0.3 is 9.31 Å². The van der Waals surface area contributed by atoms with Gasteiger partial charge in [0.1, 0.15) is 5.57 Å². The number of nitrogens with one attached hydrogen (secondary N) is 1. The summed E-state index contributed by atoms with van der Waals surface area (Å²) in [6.07, 6.45) is 1.16. The molecule has 0 fully saturated rings. The molecule has 0 unspecified atom stereocenters. The van der Waals surface area contributed by atoms with Crippen molar-refractivity contribution >= 4 is 25.5 Å². The van der Waals surface area contributed by atoms with Crippen LogP contribution in [-0.4, -0.2) is 25.5 Å². The number of carbonyl (C=O) groups is 2. The van der Waals surface area contributed by atoms with Crippen molar-refractivity contribution in [2.75, 3.05) is 0 Å². The lowest BCUT2D eigenvalue weighted by atomic mass is 10.2. The maximum atomic E-state index is 11.0. The molecule has 0 aromatic carbocycles. The smallest absolute Gasteiger partial charge is 0.531 e. The number of amides is 3. The van der Waals surface area contributed by atoms with Gasteiger partial charge in [-0.1, -0.05) is 0 Å². The van der Waals surface area contributed by atoms with Gasteiger partial charge >= 0.3 is 13.7 Å². The van der Waals surface area contributed by atoms with Crippen LogP contribution in [0.5, 0.6) is 0 Å². The molecule has 0 aromatic heterocycles. The Labute approximate surface area is 67.6 Å². The van der Waals surface area contributed by atoms with Crippen LogP contribution in [0, 0.1) is 0 Å². The van der Waals surface area contributed by atoms with E-state index in [-0.39, 0.29) is 11.5 Å². The van der Waals surface area contributed by atoms with Gasteiger partial charge in [0, 0.05) is 0 Å². The van der Waals surface area contributed by atoms with Crippen molar-refractivity contribution in [3.8, 4) is 0 Å². The van der Waals surface area contributed by atoms with E-state index in [2.05, 4.69) is 14.3 Å². The largest absolute Gasteiger partial charge is 0.658 e. The topological polar surface area (TPSA) is 77.0 Å². The number of nitrogens with zero attached hydrogens (tertiary/aromatic N) is 1. The molecule has 2 rings (SSSR count). The zero-order valence-electron chi connectivity index (χ0n) is 5.73. The first-order chi connectivity index (χ1) is 5.77. The molecule has 12 heavy (non-hydrogen) atoms. The molecule has 2 heterocycles. The van der Waals surface area contributed by atoms with Crippen molar-refractivity contribution in [1.29, 1.82) is 0 Å². The molecule has 1 radical (unpaired) electrons. The molecule has 0 atom stereocenters. The van der Waals surface area contributed by atoms with E-state index >= 15 is 0 Å². The minimum atomic E-state index is -0.734. The fourth-order valence-electron chi connectivity index (χ4n) is 0.805. The summed E-state index contributed by atoms with van der Waals surface area (Å²) in [5, 5.41) is 1.97. The first-order valence-corrected chi connectivity index (χ1v) is 3.06. The Bertz CT molecular complexity index is 321. The predicted octanol–water partition coefficient (Wildman–Crippen LogP) is -0.900. The van der Waals surface area contributed by atoms with Gasteiger partial charge in [-0.3, -0.25) is 10.1 Å². The Morgan fingerprint density at radius 1 is 1.50 bits per heavy atom. The predicted molar refractivity (Wildman–Crippen MR) is 37.0 cm³/mol. The summed E-state index contributed by atoms with van der Waals surface area (Å²) in [5.74, 6) is -0.604. The van der Waals surface area contributed by atoms with Gasteiger partial charge in [-0.05, 0) is 0 Å². The van der Waals surface area contributed by atoms with Gasteiger partial charge in [-0.2, -0.15) is 4.99 Å². The average molecular weight is 165 g/mol. The van der Waals surface area contributed by atoms with Gasteiger partial charge in [-0.25, -0.2) is 4.79 Å². The molecule has 0 bridgehead atoms. The molecule has 7 heteroatoms. The second kappa shape index (κ2) is 2.37. The summed E-state index contributed by atoms with van der Waals surface area (Å²) in [5.41, 5.74) is 0.108. The van der Waals surface area contributed by atoms with Crippen LogP contribution in [0.3, 0.4) is 0 Å². The van der Waals surface area contributed by atoms with E-state index in [0.717, 1.165) is 13.9 Å². The third-order valence-corrected chi connectivity index (χ3v) is 1.30. The van der Waals surface area contributed by atoms with E-state index in [9.17, 15) is 9.59 Å². The van der Waals surface area contributed by atoms with E-state index in [0.29, 0.717) is 0 Å². The summed E-state index contributed by atoms with van der Waals surface area (Å²) in [4.78, 5) is 25.0. The number of urea groups is 1. The summed E-state index contributed by atoms with van der Waals surface area (Å²) >= 11 is 0. The molecule has 0 aliphatic carbocycles. The van der Waals surface area contributed by atoms with Crippen molar-refractivity contribution in [3.05, 3.63) is 11.8 Å². The number of aliphatic imine (C=N–C) groups is 1. The number of hydrogen-bond acceptors (Lipinski definition) is 4.